The van der Waals surface area contributed by atoms with Gasteiger partial charge in [-0.1, -0.05) is 29.5 Å². The largest absolute Gasteiger partial charge is 0.493 e. The molecule has 2 aromatic carbocycles. The number of nitrogen functional groups attached to an aromatic ring is 1. The van der Waals surface area contributed by atoms with Crippen molar-refractivity contribution in [1.29, 1.82) is 0 Å². The van der Waals surface area contributed by atoms with E-state index in [9.17, 15) is 4.79 Å². The van der Waals surface area contributed by atoms with Gasteiger partial charge < -0.3 is 15.2 Å². The second-order valence-electron chi connectivity index (χ2n) is 6.87. The zero-order valence-electron chi connectivity index (χ0n) is 17.5. The van der Waals surface area contributed by atoms with Gasteiger partial charge in [0.05, 0.1) is 25.8 Å². The molecule has 0 unspecified atom stereocenters. The minimum Gasteiger partial charge on any atom is -0.493 e. The first-order valence-corrected chi connectivity index (χ1v) is 10.6. The molecular weight excluding hydrogens is 414 g/mol. The summed E-state index contributed by atoms with van der Waals surface area (Å²) in [6, 6.07) is 13.5. The van der Waals surface area contributed by atoms with Gasteiger partial charge in [-0.15, -0.1) is 10.2 Å². The molecule has 0 bridgehead atoms. The van der Waals surface area contributed by atoms with Crippen LogP contribution >= 0.6 is 11.3 Å². The topological polar surface area (TPSA) is 112 Å². The molecule has 9 heteroatoms. The van der Waals surface area contributed by atoms with Crippen LogP contribution in [0.15, 0.2) is 47.6 Å². The molecule has 3 aromatic rings. The van der Waals surface area contributed by atoms with Crippen molar-refractivity contribution in [3.8, 4) is 11.5 Å². The number of benzene rings is 2. The van der Waals surface area contributed by atoms with Crippen LogP contribution in [0.2, 0.25) is 0 Å². The molecule has 162 valence electrons. The summed E-state index contributed by atoms with van der Waals surface area (Å²) >= 11 is 1.18. The maximum absolute atomic E-state index is 11.9. The number of nitrogens with one attached hydrogen (secondary N) is 1. The molecule has 1 aromatic heterocycles. The lowest BCUT2D eigenvalue weighted by atomic mass is 10.1. The first-order chi connectivity index (χ1) is 15.0. The monoisotopic (exact) mass is 439 g/mol. The van der Waals surface area contributed by atoms with Gasteiger partial charge in [-0.25, -0.2) is 5.43 Å². The van der Waals surface area contributed by atoms with Gasteiger partial charge >= 0.3 is 0 Å². The van der Waals surface area contributed by atoms with E-state index in [1.165, 1.54) is 22.5 Å². The SMILES string of the molecule is Cc1ccc(OCCCOc2cccc(/C=N/NC(=O)Cc3nnc(N)s3)c2)cc1C. The normalized spacial score (nSPS) is 10.9. The molecule has 0 aliphatic heterocycles. The van der Waals surface area contributed by atoms with Crippen molar-refractivity contribution in [3.05, 3.63) is 64.2 Å². The smallest absolute Gasteiger partial charge is 0.247 e. The molecular formula is C22H25N5O3S. The van der Waals surface area contributed by atoms with E-state index >= 15 is 0 Å². The fourth-order valence-electron chi connectivity index (χ4n) is 2.62. The third-order valence-corrected chi connectivity index (χ3v) is 5.11. The molecule has 0 aliphatic rings. The molecule has 0 atom stereocenters. The van der Waals surface area contributed by atoms with E-state index in [4.69, 9.17) is 15.2 Å². The predicted octanol–water partition coefficient (Wildman–Crippen LogP) is 3.28. The molecule has 0 spiro atoms. The van der Waals surface area contributed by atoms with Gasteiger partial charge in [0, 0.05) is 6.42 Å². The second-order valence-corrected chi connectivity index (χ2v) is 7.97. The van der Waals surface area contributed by atoms with Gasteiger partial charge in [0.25, 0.3) is 0 Å². The van der Waals surface area contributed by atoms with Gasteiger partial charge in [0.1, 0.15) is 16.5 Å². The summed E-state index contributed by atoms with van der Waals surface area (Å²) in [5.74, 6) is 1.31. The van der Waals surface area contributed by atoms with Gasteiger partial charge in [-0.05, 0) is 54.8 Å². The zero-order valence-corrected chi connectivity index (χ0v) is 18.3. The standard InChI is InChI=1S/C22H25N5O3S/c1-15-7-8-19(11-16(15)2)30-10-4-9-29-18-6-3-5-17(12-18)14-24-25-20(28)13-21-26-27-22(23)31-21/h3,5-8,11-12,14H,4,9-10,13H2,1-2H3,(H2,23,27)(H,25,28)/b24-14+. The highest BCUT2D eigenvalue weighted by Crippen LogP contribution is 2.17. The fourth-order valence-corrected chi connectivity index (χ4v) is 3.23. The number of rotatable bonds is 10. The summed E-state index contributed by atoms with van der Waals surface area (Å²) in [5.41, 5.74) is 11.2. The second kappa shape index (κ2) is 11.1. The Kier molecular flexibility index (Phi) is 7.94. The average Bonchev–Trinajstić information content (AvgIpc) is 3.15. The molecule has 3 N–H and O–H groups in total. The number of ether oxygens (including phenoxy) is 2. The van der Waals surface area contributed by atoms with Crippen molar-refractivity contribution >= 4 is 28.6 Å². The summed E-state index contributed by atoms with van der Waals surface area (Å²) in [4.78, 5) is 11.9. The summed E-state index contributed by atoms with van der Waals surface area (Å²) in [6.45, 7) is 5.27. The van der Waals surface area contributed by atoms with Crippen molar-refractivity contribution in [3.63, 3.8) is 0 Å². The minimum atomic E-state index is -0.288. The number of amides is 1. The Morgan fingerprint density at radius 2 is 1.87 bits per heavy atom. The van der Waals surface area contributed by atoms with E-state index in [0.29, 0.717) is 23.4 Å². The zero-order chi connectivity index (χ0) is 22.1. The number of aryl methyl sites for hydroxylation is 2. The number of hydrogen-bond acceptors (Lipinski definition) is 8. The van der Waals surface area contributed by atoms with Crippen LogP contribution in [0.4, 0.5) is 5.13 Å². The molecule has 1 heterocycles. The molecule has 3 rings (SSSR count). The van der Waals surface area contributed by atoms with Crippen LogP contribution in [0.3, 0.4) is 0 Å². The summed E-state index contributed by atoms with van der Waals surface area (Å²) in [6.07, 6.45) is 2.40. The third kappa shape index (κ3) is 7.38. The van der Waals surface area contributed by atoms with E-state index in [2.05, 4.69) is 40.6 Å². The highest BCUT2D eigenvalue weighted by atomic mass is 32.1. The first kappa shape index (κ1) is 22.2. The van der Waals surface area contributed by atoms with Crippen molar-refractivity contribution in [2.75, 3.05) is 18.9 Å². The Labute approximate surface area is 185 Å². The van der Waals surface area contributed by atoms with Crippen molar-refractivity contribution in [2.24, 2.45) is 5.10 Å². The van der Waals surface area contributed by atoms with E-state index in [1.807, 2.05) is 36.4 Å². The van der Waals surface area contributed by atoms with E-state index < -0.39 is 0 Å². The Bertz CT molecular complexity index is 1050. The van der Waals surface area contributed by atoms with Crippen LogP contribution in [-0.4, -0.2) is 35.5 Å². The van der Waals surface area contributed by atoms with Crippen LogP contribution in [0.1, 0.15) is 28.1 Å². The molecule has 0 saturated heterocycles. The summed E-state index contributed by atoms with van der Waals surface area (Å²) in [5, 5.41) is 12.3. The van der Waals surface area contributed by atoms with Gasteiger partial charge in [0.2, 0.25) is 11.0 Å². The molecule has 1 amide bonds. The van der Waals surface area contributed by atoms with Crippen LogP contribution in [0.25, 0.3) is 0 Å². The predicted molar refractivity (Wildman–Crippen MR) is 122 cm³/mol. The van der Waals surface area contributed by atoms with Crippen molar-refractivity contribution in [1.82, 2.24) is 15.6 Å². The lowest BCUT2D eigenvalue weighted by Gasteiger charge is -2.09. The Hall–Kier alpha value is -3.46. The van der Waals surface area contributed by atoms with Crippen LogP contribution in [-0.2, 0) is 11.2 Å². The Morgan fingerprint density at radius 3 is 2.58 bits per heavy atom. The molecule has 0 saturated carbocycles. The number of carbonyl (C=O) groups is 1. The third-order valence-electron chi connectivity index (χ3n) is 4.36. The Balaban J connectivity index is 1.38. The number of hydrazone groups is 1. The van der Waals surface area contributed by atoms with Gasteiger partial charge in [-0.3, -0.25) is 4.79 Å². The summed E-state index contributed by atoms with van der Waals surface area (Å²) in [7, 11) is 0. The lowest BCUT2D eigenvalue weighted by Crippen LogP contribution is -2.19. The average molecular weight is 440 g/mol. The minimum absolute atomic E-state index is 0.0829. The number of nitrogens with two attached hydrogens (primary N) is 1. The highest BCUT2D eigenvalue weighted by molar-refractivity contribution is 7.15. The number of hydrogen-bond donors (Lipinski definition) is 2. The lowest BCUT2D eigenvalue weighted by molar-refractivity contribution is -0.120. The molecule has 0 aliphatic carbocycles. The number of aromatic nitrogens is 2. The fraction of sp³-hybridized carbons (Fsp3) is 0.273. The van der Waals surface area contributed by atoms with Crippen LogP contribution < -0.4 is 20.6 Å². The van der Waals surface area contributed by atoms with Crippen LogP contribution in [0.5, 0.6) is 11.5 Å². The maximum atomic E-state index is 11.9. The quantitative estimate of drug-likeness (QED) is 0.285. The molecule has 8 nitrogen and oxygen atoms in total. The number of anilines is 1. The molecule has 31 heavy (non-hydrogen) atoms. The number of nitrogens with zero attached hydrogens (tertiary/aromatic N) is 3. The molecule has 0 radical (unpaired) electrons. The van der Waals surface area contributed by atoms with E-state index in [-0.39, 0.29) is 12.3 Å². The van der Waals surface area contributed by atoms with E-state index in [1.54, 1.807) is 6.21 Å². The van der Waals surface area contributed by atoms with Crippen LogP contribution in [0, 0.1) is 13.8 Å². The Morgan fingerprint density at radius 1 is 1.10 bits per heavy atom. The van der Waals surface area contributed by atoms with Crippen molar-refractivity contribution < 1.29 is 14.3 Å². The number of carbonyl (C=O) groups excluding carboxylic acids is 1. The van der Waals surface area contributed by atoms with Crippen molar-refractivity contribution in [2.45, 2.75) is 26.7 Å². The maximum Gasteiger partial charge on any atom is 0.247 e. The van der Waals surface area contributed by atoms with E-state index in [0.717, 1.165) is 23.5 Å². The highest BCUT2D eigenvalue weighted by Gasteiger charge is 2.07. The van der Waals surface area contributed by atoms with Gasteiger partial charge in [0.15, 0.2) is 0 Å². The molecule has 0 fully saturated rings. The first-order valence-electron chi connectivity index (χ1n) is 9.82. The van der Waals surface area contributed by atoms with Gasteiger partial charge in [-0.2, -0.15) is 5.10 Å². The summed E-state index contributed by atoms with van der Waals surface area (Å²) < 4.78 is 11.5.